The Morgan fingerprint density at radius 2 is 1.54 bits per heavy atom. The van der Waals surface area contributed by atoms with Gasteiger partial charge in [-0.15, -0.1) is 0 Å². The van der Waals surface area contributed by atoms with Gasteiger partial charge < -0.3 is 14.2 Å². The molecule has 0 atom stereocenters. The van der Waals surface area contributed by atoms with Gasteiger partial charge in [0.15, 0.2) is 6.29 Å². The Bertz CT molecular complexity index is 776. The van der Waals surface area contributed by atoms with Gasteiger partial charge in [0.2, 0.25) is 0 Å². The summed E-state index contributed by atoms with van der Waals surface area (Å²) in [5.74, 6) is 0.271. The Hall–Kier alpha value is -2.70. The molecule has 2 aliphatic rings. The monoisotopic (exact) mass is 353 g/mol. The number of rotatable bonds is 6. The van der Waals surface area contributed by atoms with Crippen molar-refractivity contribution in [2.75, 3.05) is 26.4 Å². The van der Waals surface area contributed by atoms with Crippen molar-refractivity contribution in [1.82, 2.24) is 4.90 Å². The molecular weight excluding hydrogens is 334 g/mol. The van der Waals surface area contributed by atoms with E-state index in [1.54, 1.807) is 24.3 Å². The first-order valence-electron chi connectivity index (χ1n) is 8.65. The molecule has 6 nitrogen and oxygen atoms in total. The molecule has 0 bridgehead atoms. The van der Waals surface area contributed by atoms with E-state index in [1.165, 1.54) is 4.90 Å². The van der Waals surface area contributed by atoms with Crippen LogP contribution in [0.2, 0.25) is 0 Å². The molecule has 2 amide bonds. The van der Waals surface area contributed by atoms with Gasteiger partial charge in [0.25, 0.3) is 11.8 Å². The Kier molecular flexibility index (Phi) is 4.69. The molecule has 2 aliphatic heterocycles. The van der Waals surface area contributed by atoms with Gasteiger partial charge in [-0.25, -0.2) is 0 Å². The van der Waals surface area contributed by atoms with Crippen molar-refractivity contribution in [2.45, 2.75) is 12.7 Å². The zero-order chi connectivity index (χ0) is 17.9. The highest BCUT2D eigenvalue weighted by Crippen LogP contribution is 2.25. The molecule has 134 valence electrons. The molecule has 0 saturated carbocycles. The van der Waals surface area contributed by atoms with E-state index in [0.29, 0.717) is 43.9 Å². The maximum absolute atomic E-state index is 12.3. The summed E-state index contributed by atoms with van der Waals surface area (Å²) in [6, 6.07) is 14.5. The topological polar surface area (TPSA) is 65.1 Å². The fourth-order valence-corrected chi connectivity index (χ4v) is 3.13. The number of imide groups is 1. The minimum Gasteiger partial charge on any atom is -0.494 e. The van der Waals surface area contributed by atoms with E-state index < -0.39 is 0 Å². The smallest absolute Gasteiger partial charge is 0.261 e. The van der Waals surface area contributed by atoms with E-state index >= 15 is 0 Å². The van der Waals surface area contributed by atoms with Crippen LogP contribution in [0.4, 0.5) is 0 Å². The molecule has 0 aromatic heterocycles. The van der Waals surface area contributed by atoms with Crippen molar-refractivity contribution in [3.05, 3.63) is 65.2 Å². The zero-order valence-electron chi connectivity index (χ0n) is 14.2. The van der Waals surface area contributed by atoms with Crippen molar-refractivity contribution in [1.29, 1.82) is 0 Å². The normalized spacial score (nSPS) is 17.0. The van der Waals surface area contributed by atoms with Crippen molar-refractivity contribution in [3.63, 3.8) is 0 Å². The maximum Gasteiger partial charge on any atom is 0.261 e. The molecular formula is C20H19NO5. The minimum absolute atomic E-state index is 0.230. The third-order valence-corrected chi connectivity index (χ3v) is 4.45. The fourth-order valence-electron chi connectivity index (χ4n) is 3.13. The number of amides is 2. The molecule has 2 aromatic rings. The molecule has 2 heterocycles. The van der Waals surface area contributed by atoms with Crippen molar-refractivity contribution in [3.8, 4) is 5.75 Å². The predicted molar refractivity (Wildman–Crippen MR) is 93.0 cm³/mol. The first-order valence-corrected chi connectivity index (χ1v) is 8.65. The summed E-state index contributed by atoms with van der Waals surface area (Å²) in [5, 5.41) is 0. The Morgan fingerprint density at radius 1 is 0.923 bits per heavy atom. The molecule has 1 fully saturated rings. The number of nitrogens with zero attached hydrogens (tertiary/aromatic N) is 1. The number of ether oxygens (including phenoxy) is 3. The molecule has 0 unspecified atom stereocenters. The van der Waals surface area contributed by atoms with Gasteiger partial charge in [0, 0.05) is 12.1 Å². The first-order chi connectivity index (χ1) is 12.7. The van der Waals surface area contributed by atoms with Crippen LogP contribution in [-0.4, -0.2) is 43.1 Å². The summed E-state index contributed by atoms with van der Waals surface area (Å²) in [6.45, 7) is 1.98. The van der Waals surface area contributed by atoms with Crippen molar-refractivity contribution in [2.24, 2.45) is 0 Å². The maximum atomic E-state index is 12.3. The molecule has 4 rings (SSSR count). The number of benzene rings is 2. The highest BCUT2D eigenvalue weighted by atomic mass is 16.7. The highest BCUT2D eigenvalue weighted by molar-refractivity contribution is 6.21. The van der Waals surface area contributed by atoms with E-state index in [2.05, 4.69) is 0 Å². The van der Waals surface area contributed by atoms with Gasteiger partial charge in [-0.05, 0) is 30.7 Å². The van der Waals surface area contributed by atoms with Crippen molar-refractivity contribution < 1.29 is 23.8 Å². The number of fused-ring (bicyclic) bond motifs is 1. The Labute approximate surface area is 151 Å². The van der Waals surface area contributed by atoms with E-state index in [1.807, 2.05) is 24.3 Å². The fraction of sp³-hybridized carbons (Fsp3) is 0.300. The third-order valence-electron chi connectivity index (χ3n) is 4.45. The van der Waals surface area contributed by atoms with Crippen LogP contribution in [0, 0.1) is 0 Å². The average molecular weight is 353 g/mol. The second-order valence-corrected chi connectivity index (χ2v) is 6.15. The lowest BCUT2D eigenvalue weighted by Crippen LogP contribution is -2.31. The molecule has 0 N–H and O–H groups in total. The average Bonchev–Trinajstić information content (AvgIpc) is 3.29. The van der Waals surface area contributed by atoms with Gasteiger partial charge in [-0.3, -0.25) is 14.5 Å². The molecule has 0 aliphatic carbocycles. The lowest BCUT2D eigenvalue weighted by atomic mass is 10.1. The van der Waals surface area contributed by atoms with Crippen LogP contribution in [0.25, 0.3) is 0 Å². The highest BCUT2D eigenvalue weighted by Gasteiger charge is 2.34. The van der Waals surface area contributed by atoms with E-state index in [9.17, 15) is 9.59 Å². The van der Waals surface area contributed by atoms with Crippen LogP contribution in [0.5, 0.6) is 5.75 Å². The molecule has 0 spiro atoms. The van der Waals surface area contributed by atoms with Gasteiger partial charge in [-0.1, -0.05) is 24.3 Å². The SMILES string of the molecule is O=C1c2ccccc2C(=O)N1CCCOc1ccc(C2OCCO2)cc1. The van der Waals surface area contributed by atoms with Gasteiger partial charge in [-0.2, -0.15) is 0 Å². The van der Waals surface area contributed by atoms with E-state index in [0.717, 1.165) is 11.3 Å². The zero-order valence-corrected chi connectivity index (χ0v) is 14.2. The largest absolute Gasteiger partial charge is 0.494 e. The minimum atomic E-state index is -0.294. The molecule has 2 aromatic carbocycles. The summed E-state index contributed by atoms with van der Waals surface area (Å²) >= 11 is 0. The van der Waals surface area contributed by atoms with E-state index in [-0.39, 0.29) is 18.1 Å². The summed E-state index contributed by atoms with van der Waals surface area (Å²) in [6.07, 6.45) is 0.278. The van der Waals surface area contributed by atoms with Gasteiger partial charge in [0.05, 0.1) is 30.9 Å². The molecule has 0 radical (unpaired) electrons. The first kappa shape index (κ1) is 16.8. The number of hydrogen-bond donors (Lipinski definition) is 0. The number of carbonyl (C=O) groups excluding carboxylic acids is 2. The van der Waals surface area contributed by atoms with Gasteiger partial charge >= 0.3 is 0 Å². The lowest BCUT2D eigenvalue weighted by Gasteiger charge is -2.14. The molecule has 6 heteroatoms. The number of hydrogen-bond acceptors (Lipinski definition) is 5. The second-order valence-electron chi connectivity index (χ2n) is 6.15. The summed E-state index contributed by atoms with van der Waals surface area (Å²) in [5.41, 5.74) is 1.91. The standard InChI is InChI=1S/C20H19NO5/c22-18-16-4-1-2-5-17(16)19(23)21(18)10-3-11-24-15-8-6-14(7-9-15)20-25-12-13-26-20/h1-2,4-9,20H,3,10-13H2. The van der Waals surface area contributed by atoms with Crippen LogP contribution in [0.1, 0.15) is 39.0 Å². The van der Waals surface area contributed by atoms with Crippen LogP contribution in [0.15, 0.2) is 48.5 Å². The van der Waals surface area contributed by atoms with Crippen LogP contribution in [-0.2, 0) is 9.47 Å². The Morgan fingerprint density at radius 3 is 2.15 bits per heavy atom. The van der Waals surface area contributed by atoms with Crippen molar-refractivity contribution >= 4 is 11.8 Å². The Balaban J connectivity index is 1.27. The summed E-state index contributed by atoms with van der Waals surface area (Å²) in [4.78, 5) is 25.8. The van der Waals surface area contributed by atoms with Crippen LogP contribution < -0.4 is 4.74 Å². The van der Waals surface area contributed by atoms with Crippen LogP contribution >= 0.6 is 0 Å². The second kappa shape index (κ2) is 7.27. The molecule has 1 saturated heterocycles. The van der Waals surface area contributed by atoms with Gasteiger partial charge in [0.1, 0.15) is 5.75 Å². The summed E-state index contributed by atoms with van der Waals surface area (Å²) in [7, 11) is 0. The predicted octanol–water partition coefficient (Wildman–Crippen LogP) is 2.80. The lowest BCUT2D eigenvalue weighted by molar-refractivity contribution is -0.0441. The number of carbonyl (C=O) groups is 2. The van der Waals surface area contributed by atoms with E-state index in [4.69, 9.17) is 14.2 Å². The summed E-state index contributed by atoms with van der Waals surface area (Å²) < 4.78 is 16.6. The quantitative estimate of drug-likeness (QED) is 0.590. The third kappa shape index (κ3) is 3.21. The molecule has 26 heavy (non-hydrogen) atoms. The van der Waals surface area contributed by atoms with Crippen LogP contribution in [0.3, 0.4) is 0 Å².